The molecule has 1 heterocycles. The van der Waals surface area contributed by atoms with Crippen LogP contribution in [-0.2, 0) is 0 Å². The van der Waals surface area contributed by atoms with E-state index in [-0.39, 0.29) is 0 Å². The van der Waals surface area contributed by atoms with Crippen molar-refractivity contribution in [1.82, 2.24) is 4.57 Å². The summed E-state index contributed by atoms with van der Waals surface area (Å²) in [5, 5.41) is 7.71. The van der Waals surface area contributed by atoms with Gasteiger partial charge in [0.05, 0.1) is 11.0 Å². The molecule has 0 spiro atoms. The van der Waals surface area contributed by atoms with Gasteiger partial charge in [-0.1, -0.05) is 182 Å². The molecule has 0 fully saturated rings. The fourth-order valence-corrected chi connectivity index (χ4v) is 9.71. The third-order valence-electron chi connectivity index (χ3n) is 12.1. The molecule has 0 saturated carbocycles. The van der Waals surface area contributed by atoms with Gasteiger partial charge in [-0.25, -0.2) is 0 Å². The minimum atomic E-state index is 1.18. The quantitative estimate of drug-likeness (QED) is 0.167. The lowest BCUT2D eigenvalue weighted by Gasteiger charge is -2.20. The Balaban J connectivity index is 1.02. The first-order chi connectivity index (χ1) is 28.3. The number of hydrogen-bond acceptors (Lipinski definition) is 0. The SMILES string of the molecule is c1ccc(-c2c3c(c(-c4ccccc4)c4ccccc24)-c2ccc(-c4ccc(-c5ccc6c(c5)c5ccccc5n6-c5ccccc5)cc4)c4cccc-3c24)cc1. The van der Waals surface area contributed by atoms with Crippen molar-refractivity contribution >= 4 is 43.4 Å². The molecule has 0 saturated heterocycles. The fraction of sp³-hybridized carbons (Fsp3) is 0. The molecule has 1 aromatic heterocycles. The maximum Gasteiger partial charge on any atom is 0.0541 e. The fourth-order valence-electron chi connectivity index (χ4n) is 9.71. The minimum absolute atomic E-state index is 1.18. The molecule has 264 valence electrons. The topological polar surface area (TPSA) is 4.93 Å². The molecule has 57 heavy (non-hydrogen) atoms. The molecule has 0 aliphatic heterocycles. The smallest absolute Gasteiger partial charge is 0.0541 e. The van der Waals surface area contributed by atoms with Gasteiger partial charge < -0.3 is 4.57 Å². The van der Waals surface area contributed by atoms with Gasteiger partial charge in [0, 0.05) is 16.5 Å². The maximum absolute atomic E-state index is 2.38. The molecule has 0 unspecified atom stereocenters. The van der Waals surface area contributed by atoms with Crippen LogP contribution in [0.3, 0.4) is 0 Å². The second kappa shape index (κ2) is 12.5. The summed E-state index contributed by atoms with van der Waals surface area (Å²) in [4.78, 5) is 0. The summed E-state index contributed by atoms with van der Waals surface area (Å²) < 4.78 is 2.37. The number of aromatic nitrogens is 1. The number of rotatable bonds is 5. The lowest BCUT2D eigenvalue weighted by molar-refractivity contribution is 1.18. The van der Waals surface area contributed by atoms with Crippen LogP contribution in [0.5, 0.6) is 0 Å². The van der Waals surface area contributed by atoms with Crippen LogP contribution in [0, 0.1) is 0 Å². The molecule has 0 atom stereocenters. The van der Waals surface area contributed by atoms with Crippen LogP contribution in [-0.4, -0.2) is 4.57 Å². The molecule has 1 heteroatoms. The highest BCUT2D eigenvalue weighted by atomic mass is 15.0. The largest absolute Gasteiger partial charge is 0.309 e. The van der Waals surface area contributed by atoms with Crippen LogP contribution < -0.4 is 0 Å². The average Bonchev–Trinajstić information content (AvgIpc) is 3.80. The van der Waals surface area contributed by atoms with E-state index in [0.29, 0.717) is 0 Å². The van der Waals surface area contributed by atoms with Gasteiger partial charge in [-0.3, -0.25) is 0 Å². The number of hydrogen-bond donors (Lipinski definition) is 0. The van der Waals surface area contributed by atoms with Crippen molar-refractivity contribution in [3.63, 3.8) is 0 Å². The van der Waals surface area contributed by atoms with Gasteiger partial charge in [-0.15, -0.1) is 0 Å². The first-order valence-electron chi connectivity index (χ1n) is 19.8. The van der Waals surface area contributed by atoms with Gasteiger partial charge >= 0.3 is 0 Å². The Hall–Kier alpha value is -7.48. The third kappa shape index (κ3) is 4.76. The van der Waals surface area contributed by atoms with Crippen LogP contribution in [0.15, 0.2) is 212 Å². The highest BCUT2D eigenvalue weighted by Crippen LogP contribution is 2.58. The molecule has 0 N–H and O–H groups in total. The van der Waals surface area contributed by atoms with Gasteiger partial charge in [-0.2, -0.15) is 0 Å². The highest BCUT2D eigenvalue weighted by molar-refractivity contribution is 6.28. The van der Waals surface area contributed by atoms with Crippen molar-refractivity contribution in [2.45, 2.75) is 0 Å². The Labute approximate surface area is 331 Å². The summed E-state index contributed by atoms with van der Waals surface area (Å²) in [5.41, 5.74) is 18.9. The summed E-state index contributed by atoms with van der Waals surface area (Å²) in [6.07, 6.45) is 0. The second-order valence-electron chi connectivity index (χ2n) is 15.2. The number of fused-ring (bicyclic) bond motifs is 7. The van der Waals surface area contributed by atoms with Gasteiger partial charge in [0.25, 0.3) is 0 Å². The van der Waals surface area contributed by atoms with E-state index in [2.05, 4.69) is 217 Å². The van der Waals surface area contributed by atoms with Crippen molar-refractivity contribution in [3.8, 4) is 72.4 Å². The molecule has 1 aliphatic carbocycles. The molecule has 0 amide bonds. The van der Waals surface area contributed by atoms with Gasteiger partial charge in [0.1, 0.15) is 0 Å². The number of nitrogens with zero attached hydrogens (tertiary/aromatic N) is 1. The van der Waals surface area contributed by atoms with Gasteiger partial charge in [0.2, 0.25) is 0 Å². The van der Waals surface area contributed by atoms with E-state index in [0.717, 1.165) is 0 Å². The van der Waals surface area contributed by atoms with Crippen LogP contribution in [0.2, 0.25) is 0 Å². The lowest BCUT2D eigenvalue weighted by Crippen LogP contribution is -1.93. The Morgan fingerprint density at radius 1 is 0.246 bits per heavy atom. The molecule has 11 aromatic rings. The highest BCUT2D eigenvalue weighted by Gasteiger charge is 2.31. The monoisotopic (exact) mass is 721 g/mol. The van der Waals surface area contributed by atoms with Crippen molar-refractivity contribution in [2.75, 3.05) is 0 Å². The number of para-hydroxylation sites is 2. The summed E-state index contributed by atoms with van der Waals surface area (Å²) in [7, 11) is 0. The summed E-state index contributed by atoms with van der Waals surface area (Å²) >= 11 is 0. The molecule has 1 nitrogen and oxygen atoms in total. The number of benzene rings is 10. The van der Waals surface area contributed by atoms with Crippen LogP contribution in [0.1, 0.15) is 0 Å². The van der Waals surface area contributed by atoms with Crippen molar-refractivity contribution in [1.29, 1.82) is 0 Å². The summed E-state index contributed by atoms with van der Waals surface area (Å²) in [6.45, 7) is 0. The molecule has 0 bridgehead atoms. The van der Waals surface area contributed by atoms with E-state index >= 15 is 0 Å². The minimum Gasteiger partial charge on any atom is -0.309 e. The average molecular weight is 722 g/mol. The van der Waals surface area contributed by atoms with E-state index in [9.17, 15) is 0 Å². The summed E-state index contributed by atoms with van der Waals surface area (Å²) in [5.74, 6) is 0. The molecule has 0 radical (unpaired) electrons. The third-order valence-corrected chi connectivity index (χ3v) is 12.1. The first-order valence-corrected chi connectivity index (χ1v) is 19.8. The zero-order valence-corrected chi connectivity index (χ0v) is 31.2. The Morgan fingerprint density at radius 3 is 1.40 bits per heavy atom. The van der Waals surface area contributed by atoms with E-state index in [1.165, 1.54) is 116 Å². The summed E-state index contributed by atoms with van der Waals surface area (Å²) in [6, 6.07) is 78.0. The second-order valence-corrected chi connectivity index (χ2v) is 15.2. The van der Waals surface area contributed by atoms with Crippen LogP contribution in [0.4, 0.5) is 0 Å². The zero-order chi connectivity index (χ0) is 37.5. The molecule has 12 rings (SSSR count). The van der Waals surface area contributed by atoms with E-state index < -0.39 is 0 Å². The molecular weight excluding hydrogens is 687 g/mol. The zero-order valence-electron chi connectivity index (χ0n) is 31.2. The van der Waals surface area contributed by atoms with Crippen molar-refractivity contribution in [2.24, 2.45) is 0 Å². The Morgan fingerprint density at radius 2 is 0.737 bits per heavy atom. The molecule has 1 aliphatic rings. The maximum atomic E-state index is 2.38. The predicted octanol–water partition coefficient (Wildman–Crippen LogP) is 15.4. The van der Waals surface area contributed by atoms with Crippen molar-refractivity contribution in [3.05, 3.63) is 212 Å². The van der Waals surface area contributed by atoms with E-state index in [1.54, 1.807) is 0 Å². The molecule has 10 aromatic carbocycles. The Bertz CT molecular complexity index is 3260. The van der Waals surface area contributed by atoms with E-state index in [4.69, 9.17) is 0 Å². The van der Waals surface area contributed by atoms with Crippen LogP contribution >= 0.6 is 0 Å². The predicted molar refractivity (Wildman–Crippen MR) is 242 cm³/mol. The molecular formula is C56H35N. The normalized spacial score (nSPS) is 11.9. The van der Waals surface area contributed by atoms with Gasteiger partial charge in [-0.05, 0) is 119 Å². The van der Waals surface area contributed by atoms with E-state index in [1.807, 2.05) is 0 Å². The Kier molecular flexibility index (Phi) is 7.00. The van der Waals surface area contributed by atoms with Gasteiger partial charge in [0.15, 0.2) is 0 Å². The standard InChI is InChI=1S/C56H35N/c1-4-15-38(16-5-1)52-45-22-10-11-23-46(45)53(39-17-6-2-7-18-39)56-48-33-32-42(44-24-14-25-47(54(44)48)55(52)56)37-29-27-36(28-30-37)40-31-34-51-49(35-40)43-21-12-13-26-50(43)57(51)41-19-8-3-9-20-41/h1-35H. The van der Waals surface area contributed by atoms with Crippen molar-refractivity contribution < 1.29 is 0 Å². The lowest BCUT2D eigenvalue weighted by atomic mass is 9.82. The van der Waals surface area contributed by atoms with Crippen LogP contribution in [0.25, 0.3) is 116 Å². The first kappa shape index (κ1) is 31.8.